The molecule has 2 aromatic heterocycles. The van der Waals surface area contributed by atoms with Crippen LogP contribution in [0, 0.1) is 13.8 Å². The van der Waals surface area contributed by atoms with E-state index in [9.17, 15) is 9.90 Å². The lowest BCUT2D eigenvalue weighted by atomic mass is 10.1. The maximum absolute atomic E-state index is 11.4. The van der Waals surface area contributed by atoms with Gasteiger partial charge in [0.25, 0.3) is 0 Å². The summed E-state index contributed by atoms with van der Waals surface area (Å²) in [6, 6.07) is 1.78. The van der Waals surface area contributed by atoms with Crippen LogP contribution in [0.5, 0.6) is 0 Å². The standard InChI is InChI=1S/C13H13N3O2S2/c1-6-5-7(2)14-11(9(6)12(17)18)19-13-15-10(16-20-13)8-3-4-8/h5,8H,3-4H2,1-2H3,(H,17,18). The van der Waals surface area contributed by atoms with Crippen LogP contribution in [0.25, 0.3) is 0 Å². The lowest BCUT2D eigenvalue weighted by Gasteiger charge is -2.07. The van der Waals surface area contributed by atoms with Crippen LogP contribution in [0.4, 0.5) is 0 Å². The van der Waals surface area contributed by atoms with Gasteiger partial charge in [-0.25, -0.2) is 14.8 Å². The number of nitrogens with zero attached hydrogens (tertiary/aromatic N) is 3. The van der Waals surface area contributed by atoms with E-state index >= 15 is 0 Å². The number of pyridine rings is 1. The van der Waals surface area contributed by atoms with Crippen LogP contribution in [0.15, 0.2) is 15.4 Å². The number of carboxylic acids is 1. The summed E-state index contributed by atoms with van der Waals surface area (Å²) >= 11 is 2.60. The summed E-state index contributed by atoms with van der Waals surface area (Å²) in [5.74, 6) is 0.440. The van der Waals surface area contributed by atoms with E-state index in [1.54, 1.807) is 13.0 Å². The van der Waals surface area contributed by atoms with Crippen LogP contribution in [0.1, 0.15) is 46.2 Å². The summed E-state index contributed by atoms with van der Waals surface area (Å²) in [6.07, 6.45) is 2.31. The average Bonchev–Trinajstić information content (AvgIpc) is 3.09. The van der Waals surface area contributed by atoms with E-state index in [0.29, 0.717) is 10.9 Å². The third-order valence-electron chi connectivity index (χ3n) is 3.07. The molecule has 0 bridgehead atoms. The Bertz CT molecular complexity index is 680. The molecular weight excluding hydrogens is 294 g/mol. The maximum Gasteiger partial charge on any atom is 0.338 e. The number of rotatable bonds is 4. The molecule has 3 rings (SSSR count). The van der Waals surface area contributed by atoms with E-state index < -0.39 is 5.97 Å². The van der Waals surface area contributed by atoms with E-state index in [2.05, 4.69) is 14.3 Å². The minimum absolute atomic E-state index is 0.253. The Morgan fingerprint density at radius 2 is 2.15 bits per heavy atom. The number of aryl methyl sites for hydroxylation is 2. The van der Waals surface area contributed by atoms with Crippen molar-refractivity contribution in [3.8, 4) is 0 Å². The van der Waals surface area contributed by atoms with Gasteiger partial charge in [0, 0.05) is 11.6 Å². The number of aromatic nitrogens is 3. The molecule has 0 saturated heterocycles. The van der Waals surface area contributed by atoms with Gasteiger partial charge in [-0.1, -0.05) is 0 Å². The second kappa shape index (κ2) is 5.14. The van der Waals surface area contributed by atoms with E-state index in [-0.39, 0.29) is 5.56 Å². The van der Waals surface area contributed by atoms with Crippen molar-refractivity contribution < 1.29 is 9.90 Å². The lowest BCUT2D eigenvalue weighted by Crippen LogP contribution is -2.05. The van der Waals surface area contributed by atoms with Crippen LogP contribution < -0.4 is 0 Å². The molecule has 0 radical (unpaired) electrons. The SMILES string of the molecule is Cc1cc(C)c(C(=O)O)c(Sc2nc(C3CC3)ns2)n1. The van der Waals surface area contributed by atoms with Crippen molar-refractivity contribution in [3.63, 3.8) is 0 Å². The highest BCUT2D eigenvalue weighted by atomic mass is 32.2. The van der Waals surface area contributed by atoms with Crippen molar-refractivity contribution in [1.29, 1.82) is 0 Å². The van der Waals surface area contributed by atoms with Gasteiger partial charge in [-0.15, -0.1) is 0 Å². The molecule has 1 saturated carbocycles. The summed E-state index contributed by atoms with van der Waals surface area (Å²) in [4.78, 5) is 20.2. The first kappa shape index (κ1) is 13.5. The minimum Gasteiger partial charge on any atom is -0.478 e. The molecule has 2 heterocycles. The van der Waals surface area contributed by atoms with Gasteiger partial charge in [-0.05, 0) is 61.6 Å². The predicted octanol–water partition coefficient (Wildman–Crippen LogP) is 3.28. The van der Waals surface area contributed by atoms with Crippen molar-refractivity contribution in [2.45, 2.75) is 42.0 Å². The fraction of sp³-hybridized carbons (Fsp3) is 0.385. The van der Waals surface area contributed by atoms with Gasteiger partial charge >= 0.3 is 5.97 Å². The Kier molecular flexibility index (Phi) is 3.47. The summed E-state index contributed by atoms with van der Waals surface area (Å²) in [6.45, 7) is 3.65. The molecule has 0 atom stereocenters. The molecule has 0 aromatic carbocycles. The zero-order valence-electron chi connectivity index (χ0n) is 11.1. The van der Waals surface area contributed by atoms with Gasteiger partial charge in [-0.3, -0.25) is 0 Å². The first-order valence-electron chi connectivity index (χ1n) is 6.27. The Labute approximate surface area is 124 Å². The summed E-state index contributed by atoms with van der Waals surface area (Å²) in [7, 11) is 0. The number of hydrogen-bond donors (Lipinski definition) is 1. The molecule has 1 aliphatic rings. The molecule has 2 aromatic rings. The Hall–Kier alpha value is -1.47. The van der Waals surface area contributed by atoms with E-state index in [0.717, 1.165) is 34.3 Å². The van der Waals surface area contributed by atoms with E-state index in [1.165, 1.54) is 23.3 Å². The van der Waals surface area contributed by atoms with Gasteiger partial charge in [-0.2, -0.15) is 4.37 Å². The fourth-order valence-electron chi connectivity index (χ4n) is 1.99. The van der Waals surface area contributed by atoms with Gasteiger partial charge in [0.2, 0.25) is 0 Å². The molecule has 1 aliphatic carbocycles. The molecule has 0 aliphatic heterocycles. The van der Waals surface area contributed by atoms with Crippen LogP contribution >= 0.6 is 23.3 Å². The molecule has 0 spiro atoms. The zero-order valence-corrected chi connectivity index (χ0v) is 12.7. The molecule has 5 nitrogen and oxygen atoms in total. The molecule has 20 heavy (non-hydrogen) atoms. The monoisotopic (exact) mass is 307 g/mol. The van der Waals surface area contributed by atoms with Crippen LogP contribution in [0.3, 0.4) is 0 Å². The highest BCUT2D eigenvalue weighted by molar-refractivity contribution is 8.01. The maximum atomic E-state index is 11.4. The predicted molar refractivity (Wildman–Crippen MR) is 76.7 cm³/mol. The molecule has 0 unspecified atom stereocenters. The fourth-order valence-corrected chi connectivity index (χ4v) is 3.83. The summed E-state index contributed by atoms with van der Waals surface area (Å²) in [5, 5.41) is 9.83. The second-order valence-electron chi connectivity index (χ2n) is 4.86. The van der Waals surface area contributed by atoms with Crippen molar-refractivity contribution in [2.75, 3.05) is 0 Å². The highest BCUT2D eigenvalue weighted by Gasteiger charge is 2.28. The second-order valence-corrected chi connectivity index (χ2v) is 6.85. The number of carboxylic acid groups (broad SMARTS) is 1. The third kappa shape index (κ3) is 2.69. The third-order valence-corrected chi connectivity index (χ3v) is 4.83. The molecule has 104 valence electrons. The zero-order chi connectivity index (χ0) is 14.3. The minimum atomic E-state index is -0.954. The highest BCUT2D eigenvalue weighted by Crippen LogP contribution is 2.40. The first-order valence-corrected chi connectivity index (χ1v) is 7.86. The lowest BCUT2D eigenvalue weighted by molar-refractivity contribution is 0.0691. The Morgan fingerprint density at radius 1 is 1.40 bits per heavy atom. The molecule has 1 fully saturated rings. The largest absolute Gasteiger partial charge is 0.478 e. The number of carbonyl (C=O) groups is 1. The van der Waals surface area contributed by atoms with Gasteiger partial charge in [0.1, 0.15) is 10.9 Å². The smallest absolute Gasteiger partial charge is 0.338 e. The topological polar surface area (TPSA) is 76.0 Å². The van der Waals surface area contributed by atoms with E-state index in [4.69, 9.17) is 0 Å². The Morgan fingerprint density at radius 3 is 2.80 bits per heavy atom. The van der Waals surface area contributed by atoms with Crippen molar-refractivity contribution in [3.05, 3.63) is 28.7 Å². The molecule has 7 heteroatoms. The normalized spacial score (nSPS) is 14.5. The quantitative estimate of drug-likeness (QED) is 0.934. The average molecular weight is 307 g/mol. The number of aromatic carboxylic acids is 1. The van der Waals surface area contributed by atoms with Crippen LogP contribution in [-0.2, 0) is 0 Å². The van der Waals surface area contributed by atoms with Crippen molar-refractivity contribution >= 4 is 29.3 Å². The summed E-state index contributed by atoms with van der Waals surface area (Å²) in [5.41, 5.74) is 1.78. The molecule has 0 amide bonds. The van der Waals surface area contributed by atoms with Crippen molar-refractivity contribution in [2.24, 2.45) is 0 Å². The molecule has 1 N–H and O–H groups in total. The van der Waals surface area contributed by atoms with E-state index in [1.807, 2.05) is 6.92 Å². The Balaban J connectivity index is 1.93. The summed E-state index contributed by atoms with van der Waals surface area (Å²) < 4.78 is 5.08. The van der Waals surface area contributed by atoms with Gasteiger partial charge < -0.3 is 5.11 Å². The number of hydrogen-bond acceptors (Lipinski definition) is 6. The molecular formula is C13H13N3O2S2. The first-order chi connectivity index (χ1) is 9.54. The van der Waals surface area contributed by atoms with Crippen molar-refractivity contribution in [1.82, 2.24) is 14.3 Å². The van der Waals surface area contributed by atoms with Crippen LogP contribution in [0.2, 0.25) is 0 Å². The van der Waals surface area contributed by atoms with Gasteiger partial charge in [0.15, 0.2) is 4.34 Å². The van der Waals surface area contributed by atoms with Gasteiger partial charge in [0.05, 0.1) is 5.56 Å². The van der Waals surface area contributed by atoms with Crippen LogP contribution in [-0.4, -0.2) is 25.4 Å².